The van der Waals surface area contributed by atoms with E-state index < -0.39 is 11.1 Å². The highest BCUT2D eigenvalue weighted by Gasteiger charge is 2.01. The third-order valence-corrected chi connectivity index (χ3v) is 2.95. The molecule has 1 aromatic carbocycles. The fourth-order valence-corrected chi connectivity index (χ4v) is 1.78. The zero-order valence-corrected chi connectivity index (χ0v) is 9.45. The van der Waals surface area contributed by atoms with E-state index >= 15 is 0 Å². The van der Waals surface area contributed by atoms with Crippen molar-refractivity contribution in [3.05, 3.63) is 57.4 Å². The Labute approximate surface area is 95.9 Å². The summed E-state index contributed by atoms with van der Waals surface area (Å²) in [5, 5.41) is 0. The molecule has 0 saturated carbocycles. The SMILES string of the molecule is CSc1ccc(-n2cc[nH]c(=O)c2=O)cc1. The van der Waals surface area contributed by atoms with Gasteiger partial charge in [-0.25, -0.2) is 0 Å². The molecule has 0 aliphatic rings. The fraction of sp³-hybridized carbons (Fsp3) is 0.0909. The van der Waals surface area contributed by atoms with Crippen LogP contribution in [0.25, 0.3) is 5.69 Å². The lowest BCUT2D eigenvalue weighted by atomic mass is 10.3. The third kappa shape index (κ3) is 1.94. The summed E-state index contributed by atoms with van der Waals surface area (Å²) in [6.45, 7) is 0. The van der Waals surface area contributed by atoms with Gasteiger partial charge in [0.2, 0.25) is 0 Å². The molecule has 0 fully saturated rings. The van der Waals surface area contributed by atoms with Gasteiger partial charge in [0, 0.05) is 23.0 Å². The summed E-state index contributed by atoms with van der Waals surface area (Å²) < 4.78 is 1.32. The molecule has 4 nitrogen and oxygen atoms in total. The van der Waals surface area contributed by atoms with Gasteiger partial charge in [0.05, 0.1) is 0 Å². The van der Waals surface area contributed by atoms with Crippen LogP contribution in [0.15, 0.2) is 51.1 Å². The summed E-state index contributed by atoms with van der Waals surface area (Å²) in [5.41, 5.74) is -0.496. The molecule has 82 valence electrons. The molecule has 1 aromatic heterocycles. The summed E-state index contributed by atoms with van der Waals surface area (Å²) in [4.78, 5) is 26.1. The van der Waals surface area contributed by atoms with Crippen LogP contribution in [0.3, 0.4) is 0 Å². The Morgan fingerprint density at radius 3 is 2.50 bits per heavy atom. The minimum Gasteiger partial charge on any atom is -0.323 e. The van der Waals surface area contributed by atoms with Gasteiger partial charge in [-0.05, 0) is 30.5 Å². The number of thioether (sulfide) groups is 1. The van der Waals surface area contributed by atoms with E-state index in [1.54, 1.807) is 11.8 Å². The lowest BCUT2D eigenvalue weighted by molar-refractivity contribution is 0.926. The Hall–Kier alpha value is -1.75. The Balaban J connectivity index is 2.55. The molecule has 0 aliphatic heterocycles. The second kappa shape index (κ2) is 4.40. The van der Waals surface area contributed by atoms with Gasteiger partial charge in [-0.2, -0.15) is 0 Å². The van der Waals surface area contributed by atoms with E-state index in [1.165, 1.54) is 17.0 Å². The van der Waals surface area contributed by atoms with E-state index in [0.717, 1.165) is 4.90 Å². The molecule has 1 heterocycles. The van der Waals surface area contributed by atoms with Crippen molar-refractivity contribution in [2.45, 2.75) is 4.90 Å². The van der Waals surface area contributed by atoms with Crippen molar-refractivity contribution in [3.63, 3.8) is 0 Å². The molecule has 0 amide bonds. The van der Waals surface area contributed by atoms with Gasteiger partial charge in [-0.1, -0.05) is 0 Å². The molecule has 2 rings (SSSR count). The van der Waals surface area contributed by atoms with Crippen molar-refractivity contribution >= 4 is 11.8 Å². The quantitative estimate of drug-likeness (QED) is 0.628. The van der Waals surface area contributed by atoms with Gasteiger partial charge in [0.15, 0.2) is 0 Å². The summed E-state index contributed by atoms with van der Waals surface area (Å²) in [5.74, 6) is 0. The Morgan fingerprint density at radius 2 is 1.88 bits per heavy atom. The van der Waals surface area contributed by atoms with Crippen LogP contribution in [-0.2, 0) is 0 Å². The van der Waals surface area contributed by atoms with Crippen molar-refractivity contribution in [3.8, 4) is 5.69 Å². The number of aromatic nitrogens is 2. The topological polar surface area (TPSA) is 54.9 Å². The van der Waals surface area contributed by atoms with Crippen LogP contribution in [0.1, 0.15) is 0 Å². The summed E-state index contributed by atoms with van der Waals surface area (Å²) in [6, 6.07) is 7.45. The molecule has 0 aliphatic carbocycles. The number of hydrogen-bond acceptors (Lipinski definition) is 3. The first kappa shape index (κ1) is 10.8. The van der Waals surface area contributed by atoms with Gasteiger partial charge < -0.3 is 4.98 Å². The summed E-state index contributed by atoms with van der Waals surface area (Å²) in [6.07, 6.45) is 4.97. The first-order valence-electron chi connectivity index (χ1n) is 4.67. The third-order valence-electron chi connectivity index (χ3n) is 2.20. The number of nitrogens with zero attached hydrogens (tertiary/aromatic N) is 1. The first-order chi connectivity index (χ1) is 7.72. The monoisotopic (exact) mass is 234 g/mol. The van der Waals surface area contributed by atoms with Crippen LogP contribution in [-0.4, -0.2) is 15.8 Å². The Kier molecular flexibility index (Phi) is 2.96. The molecule has 16 heavy (non-hydrogen) atoms. The highest BCUT2D eigenvalue weighted by molar-refractivity contribution is 7.98. The average Bonchev–Trinajstić information content (AvgIpc) is 2.33. The van der Waals surface area contributed by atoms with Gasteiger partial charge >= 0.3 is 11.1 Å². The van der Waals surface area contributed by atoms with E-state index in [-0.39, 0.29) is 0 Å². The highest BCUT2D eigenvalue weighted by atomic mass is 32.2. The number of rotatable bonds is 2. The minimum atomic E-state index is -0.614. The summed E-state index contributed by atoms with van der Waals surface area (Å²) in [7, 11) is 0. The van der Waals surface area contributed by atoms with Crippen LogP contribution in [0.5, 0.6) is 0 Å². The Bertz CT molecular complexity index is 598. The molecule has 0 bridgehead atoms. The van der Waals surface area contributed by atoms with Crippen LogP contribution < -0.4 is 11.1 Å². The maximum absolute atomic E-state index is 11.5. The zero-order valence-electron chi connectivity index (χ0n) is 8.64. The molecule has 0 spiro atoms. The predicted octanol–water partition coefficient (Wildman–Crippen LogP) is 1.25. The van der Waals surface area contributed by atoms with Crippen LogP contribution in [0.2, 0.25) is 0 Å². The second-order valence-corrected chi connectivity index (χ2v) is 4.04. The lowest BCUT2D eigenvalue weighted by Gasteiger charge is -2.04. The van der Waals surface area contributed by atoms with E-state index in [9.17, 15) is 9.59 Å². The largest absolute Gasteiger partial charge is 0.323 e. The van der Waals surface area contributed by atoms with Crippen LogP contribution >= 0.6 is 11.8 Å². The summed E-state index contributed by atoms with van der Waals surface area (Å²) >= 11 is 1.62. The van der Waals surface area contributed by atoms with Gasteiger partial charge in [-0.15, -0.1) is 11.8 Å². The van der Waals surface area contributed by atoms with Crippen LogP contribution in [0.4, 0.5) is 0 Å². The maximum Gasteiger partial charge on any atom is 0.320 e. The van der Waals surface area contributed by atoms with E-state index in [0.29, 0.717) is 5.69 Å². The lowest BCUT2D eigenvalue weighted by Crippen LogP contribution is -2.34. The number of hydrogen-bond donors (Lipinski definition) is 1. The molecule has 2 aromatic rings. The van der Waals surface area contributed by atoms with Crippen molar-refractivity contribution in [2.75, 3.05) is 6.26 Å². The average molecular weight is 234 g/mol. The predicted molar refractivity (Wildman–Crippen MR) is 64.4 cm³/mol. The second-order valence-electron chi connectivity index (χ2n) is 3.16. The smallest absolute Gasteiger partial charge is 0.320 e. The van der Waals surface area contributed by atoms with Crippen molar-refractivity contribution in [1.29, 1.82) is 0 Å². The number of aromatic amines is 1. The molecular formula is C11H10N2O2S. The molecular weight excluding hydrogens is 224 g/mol. The minimum absolute atomic E-state index is 0.570. The van der Waals surface area contributed by atoms with Crippen molar-refractivity contribution in [1.82, 2.24) is 9.55 Å². The molecule has 0 saturated heterocycles. The fourth-order valence-electron chi connectivity index (χ4n) is 1.37. The van der Waals surface area contributed by atoms with E-state index in [4.69, 9.17) is 0 Å². The molecule has 5 heteroatoms. The van der Waals surface area contributed by atoms with E-state index in [1.807, 2.05) is 30.5 Å². The molecule has 0 radical (unpaired) electrons. The van der Waals surface area contributed by atoms with E-state index in [2.05, 4.69) is 4.98 Å². The van der Waals surface area contributed by atoms with Crippen molar-refractivity contribution in [2.24, 2.45) is 0 Å². The van der Waals surface area contributed by atoms with Gasteiger partial charge in [-0.3, -0.25) is 14.2 Å². The molecule has 1 N–H and O–H groups in total. The molecule has 0 unspecified atom stereocenters. The van der Waals surface area contributed by atoms with Gasteiger partial charge in [0.25, 0.3) is 0 Å². The number of nitrogens with one attached hydrogen (secondary N) is 1. The number of H-pyrrole nitrogens is 1. The van der Waals surface area contributed by atoms with Crippen LogP contribution in [0, 0.1) is 0 Å². The number of benzene rings is 1. The van der Waals surface area contributed by atoms with Crippen molar-refractivity contribution < 1.29 is 0 Å². The Morgan fingerprint density at radius 1 is 1.19 bits per heavy atom. The standard InChI is InChI=1S/C11H10N2O2S/c1-16-9-4-2-8(3-5-9)13-7-6-12-10(14)11(13)15/h2-7H,1H3,(H,12,14). The maximum atomic E-state index is 11.5. The zero-order chi connectivity index (χ0) is 11.5. The molecule has 0 atom stereocenters. The normalized spacial score (nSPS) is 10.3. The van der Waals surface area contributed by atoms with Gasteiger partial charge in [0.1, 0.15) is 0 Å². The first-order valence-corrected chi connectivity index (χ1v) is 5.89. The highest BCUT2D eigenvalue weighted by Crippen LogP contribution is 2.15.